The third-order valence-electron chi connectivity index (χ3n) is 4.46. The Labute approximate surface area is 146 Å². The third kappa shape index (κ3) is 3.79. The molecule has 1 fully saturated rings. The van der Waals surface area contributed by atoms with E-state index in [9.17, 15) is 4.79 Å². The molecular weight excluding hydrogens is 322 g/mol. The van der Waals surface area contributed by atoms with Crippen molar-refractivity contribution in [2.75, 3.05) is 32.7 Å². The molecule has 7 heteroatoms. The van der Waals surface area contributed by atoms with Gasteiger partial charge in [0, 0.05) is 5.69 Å². The predicted octanol–water partition coefficient (Wildman–Crippen LogP) is 0.495. The highest BCUT2D eigenvalue weighted by Gasteiger charge is 2.27. The number of nitrogens with zero attached hydrogens (tertiary/aromatic N) is 4. The van der Waals surface area contributed by atoms with Crippen LogP contribution in [0.3, 0.4) is 0 Å². The molecule has 1 aliphatic rings. The van der Waals surface area contributed by atoms with Gasteiger partial charge in [0.15, 0.2) is 5.16 Å². The number of carbonyl (C=O) groups is 1. The summed E-state index contributed by atoms with van der Waals surface area (Å²) in [6.07, 6.45) is 1.69. The molecule has 1 atom stereocenters. The fraction of sp³-hybridized carbons (Fsp3) is 0.471. The number of thioether (sulfide) groups is 1. The van der Waals surface area contributed by atoms with Gasteiger partial charge in [-0.2, -0.15) is 0 Å². The SMILES string of the molecule is CC[NH+]1CCN(C(=O)[C@@H](C)Sc2nncn2-c2ccccc2)CC1. The van der Waals surface area contributed by atoms with Gasteiger partial charge in [-0.05, 0) is 26.0 Å². The number of quaternary nitrogens is 1. The molecule has 0 bridgehead atoms. The molecule has 0 unspecified atom stereocenters. The van der Waals surface area contributed by atoms with Crippen LogP contribution in [-0.4, -0.2) is 63.5 Å². The normalized spacial score (nSPS) is 17.0. The van der Waals surface area contributed by atoms with Gasteiger partial charge in [-0.15, -0.1) is 10.2 Å². The Bertz CT molecular complexity index is 667. The zero-order valence-electron chi connectivity index (χ0n) is 14.2. The van der Waals surface area contributed by atoms with Crippen molar-refractivity contribution in [3.63, 3.8) is 0 Å². The molecule has 1 aromatic carbocycles. The predicted molar refractivity (Wildman–Crippen MR) is 94.5 cm³/mol. The molecule has 0 aliphatic carbocycles. The van der Waals surface area contributed by atoms with Crippen LogP contribution in [0, 0.1) is 0 Å². The van der Waals surface area contributed by atoms with Gasteiger partial charge in [-0.3, -0.25) is 9.36 Å². The molecular formula is C17H24N5OS+. The molecule has 0 saturated carbocycles. The number of amides is 1. The maximum absolute atomic E-state index is 12.7. The summed E-state index contributed by atoms with van der Waals surface area (Å²) in [6.45, 7) is 9.06. The van der Waals surface area contributed by atoms with E-state index in [1.165, 1.54) is 11.8 Å². The molecule has 128 valence electrons. The smallest absolute Gasteiger partial charge is 0.236 e. The molecule has 6 nitrogen and oxygen atoms in total. The minimum atomic E-state index is -0.167. The van der Waals surface area contributed by atoms with Crippen molar-refractivity contribution < 1.29 is 9.69 Å². The summed E-state index contributed by atoms with van der Waals surface area (Å²) in [6, 6.07) is 9.95. The van der Waals surface area contributed by atoms with Gasteiger partial charge in [0.05, 0.1) is 38.0 Å². The van der Waals surface area contributed by atoms with Crippen LogP contribution in [0.5, 0.6) is 0 Å². The van der Waals surface area contributed by atoms with E-state index < -0.39 is 0 Å². The van der Waals surface area contributed by atoms with Gasteiger partial charge >= 0.3 is 0 Å². The number of nitrogens with one attached hydrogen (secondary N) is 1. The summed E-state index contributed by atoms with van der Waals surface area (Å²) < 4.78 is 1.92. The molecule has 1 N–H and O–H groups in total. The number of likely N-dealkylation sites (N-methyl/N-ethyl adjacent to an activating group) is 1. The Kier molecular flexibility index (Phi) is 5.52. The van der Waals surface area contributed by atoms with Gasteiger partial charge < -0.3 is 9.80 Å². The summed E-state index contributed by atoms with van der Waals surface area (Å²) in [7, 11) is 0. The quantitative estimate of drug-likeness (QED) is 0.801. The van der Waals surface area contributed by atoms with Crippen LogP contribution in [0.25, 0.3) is 5.69 Å². The highest BCUT2D eigenvalue weighted by molar-refractivity contribution is 8.00. The first-order valence-corrected chi connectivity index (χ1v) is 9.31. The number of para-hydroxylation sites is 1. The van der Waals surface area contributed by atoms with Crippen LogP contribution in [-0.2, 0) is 4.79 Å². The lowest BCUT2D eigenvalue weighted by molar-refractivity contribution is -0.902. The van der Waals surface area contributed by atoms with Crippen molar-refractivity contribution in [1.82, 2.24) is 19.7 Å². The van der Waals surface area contributed by atoms with Crippen LogP contribution < -0.4 is 4.90 Å². The van der Waals surface area contributed by atoms with Gasteiger partial charge in [0.2, 0.25) is 5.91 Å². The van der Waals surface area contributed by atoms with Gasteiger partial charge in [0.25, 0.3) is 0 Å². The largest absolute Gasteiger partial charge is 0.332 e. The molecule has 2 aromatic rings. The maximum Gasteiger partial charge on any atom is 0.236 e. The number of benzene rings is 1. The molecule has 0 radical (unpaired) electrons. The zero-order chi connectivity index (χ0) is 16.9. The fourth-order valence-corrected chi connectivity index (χ4v) is 3.86. The van der Waals surface area contributed by atoms with Crippen molar-refractivity contribution in [3.05, 3.63) is 36.7 Å². The standard InChI is InChI=1S/C17H23N5OS/c1-3-20-9-11-21(12-10-20)16(23)14(2)24-17-19-18-13-22(17)15-7-5-4-6-8-15/h4-8,13-14H,3,9-12H2,1-2H3/p+1/t14-/m1/s1. The van der Waals surface area contributed by atoms with E-state index in [-0.39, 0.29) is 11.2 Å². The second-order valence-corrected chi connectivity index (χ2v) is 7.32. The molecule has 3 rings (SSSR count). The number of carbonyl (C=O) groups excluding carboxylic acids is 1. The van der Waals surface area contributed by atoms with E-state index in [1.54, 1.807) is 11.2 Å². The van der Waals surface area contributed by atoms with Crippen molar-refractivity contribution in [3.8, 4) is 5.69 Å². The Morgan fingerprint density at radius 1 is 1.29 bits per heavy atom. The lowest BCUT2D eigenvalue weighted by atomic mass is 10.3. The Morgan fingerprint density at radius 3 is 2.67 bits per heavy atom. The summed E-state index contributed by atoms with van der Waals surface area (Å²) in [4.78, 5) is 16.3. The van der Waals surface area contributed by atoms with Gasteiger partial charge in [0.1, 0.15) is 6.33 Å². The Hall–Kier alpha value is -1.86. The fourth-order valence-electron chi connectivity index (χ4n) is 2.93. The van der Waals surface area contributed by atoms with Crippen LogP contribution in [0.15, 0.2) is 41.8 Å². The monoisotopic (exact) mass is 346 g/mol. The number of rotatable bonds is 5. The van der Waals surface area contributed by atoms with Crippen LogP contribution in [0.4, 0.5) is 0 Å². The topological polar surface area (TPSA) is 55.5 Å². The Balaban J connectivity index is 1.64. The van der Waals surface area contributed by atoms with Crippen LogP contribution >= 0.6 is 11.8 Å². The highest BCUT2D eigenvalue weighted by Crippen LogP contribution is 2.24. The summed E-state index contributed by atoms with van der Waals surface area (Å²) >= 11 is 1.47. The minimum Gasteiger partial charge on any atom is -0.332 e. The lowest BCUT2D eigenvalue weighted by Gasteiger charge is -2.32. The van der Waals surface area contributed by atoms with E-state index >= 15 is 0 Å². The van der Waals surface area contributed by atoms with E-state index in [1.807, 2.05) is 46.7 Å². The first-order chi connectivity index (χ1) is 11.7. The van der Waals surface area contributed by atoms with Gasteiger partial charge in [-0.1, -0.05) is 30.0 Å². The van der Waals surface area contributed by atoms with Crippen molar-refractivity contribution in [2.24, 2.45) is 0 Å². The number of aromatic nitrogens is 3. The van der Waals surface area contributed by atoms with Crippen LogP contribution in [0.1, 0.15) is 13.8 Å². The molecule has 24 heavy (non-hydrogen) atoms. The average Bonchev–Trinajstić information content (AvgIpc) is 3.10. The van der Waals surface area contributed by atoms with Crippen LogP contribution in [0.2, 0.25) is 0 Å². The molecule has 1 aliphatic heterocycles. The lowest BCUT2D eigenvalue weighted by Crippen LogP contribution is -3.14. The average molecular weight is 346 g/mol. The van der Waals surface area contributed by atoms with E-state index in [2.05, 4.69) is 17.1 Å². The Morgan fingerprint density at radius 2 is 2.00 bits per heavy atom. The molecule has 1 aromatic heterocycles. The van der Waals surface area contributed by atoms with Crippen molar-refractivity contribution in [1.29, 1.82) is 0 Å². The summed E-state index contributed by atoms with van der Waals surface area (Å²) in [5.41, 5.74) is 1.00. The number of hydrogen-bond acceptors (Lipinski definition) is 4. The minimum absolute atomic E-state index is 0.167. The third-order valence-corrected chi connectivity index (χ3v) is 5.51. The van der Waals surface area contributed by atoms with Gasteiger partial charge in [-0.25, -0.2) is 0 Å². The molecule has 0 spiro atoms. The van der Waals surface area contributed by atoms with E-state index in [0.29, 0.717) is 0 Å². The van der Waals surface area contributed by atoms with Crippen molar-refractivity contribution in [2.45, 2.75) is 24.3 Å². The van der Waals surface area contributed by atoms with E-state index in [4.69, 9.17) is 0 Å². The van der Waals surface area contributed by atoms with Crippen molar-refractivity contribution >= 4 is 17.7 Å². The summed E-state index contributed by atoms with van der Waals surface area (Å²) in [5.74, 6) is 0.192. The summed E-state index contributed by atoms with van der Waals surface area (Å²) in [5, 5.41) is 8.78. The molecule has 1 amide bonds. The van der Waals surface area contributed by atoms with E-state index in [0.717, 1.165) is 43.6 Å². The molecule has 1 saturated heterocycles. The first kappa shape index (κ1) is 17.0. The second-order valence-electron chi connectivity index (χ2n) is 6.01. The number of piperazine rings is 1. The zero-order valence-corrected chi connectivity index (χ0v) is 15.0. The first-order valence-electron chi connectivity index (χ1n) is 8.43. The highest BCUT2D eigenvalue weighted by atomic mass is 32.2. The number of hydrogen-bond donors (Lipinski definition) is 1. The molecule has 2 heterocycles. The maximum atomic E-state index is 12.7. The second kappa shape index (κ2) is 7.81.